The maximum Gasteiger partial charge on any atom is 0.239 e. The molecule has 1 fully saturated rings. The van der Waals surface area contributed by atoms with Gasteiger partial charge in [0, 0.05) is 5.02 Å². The molecule has 1 aliphatic heterocycles. The number of nitrogens with one attached hydrogen (secondary N) is 1. The van der Waals surface area contributed by atoms with Gasteiger partial charge in [0.25, 0.3) is 0 Å². The van der Waals surface area contributed by atoms with E-state index >= 15 is 0 Å². The zero-order chi connectivity index (χ0) is 11.5. The molecule has 0 unspecified atom stereocenters. The fraction of sp³-hybridized carbons (Fsp3) is 0.273. The molecule has 16 heavy (non-hydrogen) atoms. The molecule has 0 radical (unpaired) electrons. The van der Waals surface area contributed by atoms with Crippen LogP contribution in [0.2, 0.25) is 5.02 Å². The van der Waals surface area contributed by atoms with Gasteiger partial charge in [-0.15, -0.1) is 0 Å². The predicted molar refractivity (Wildman–Crippen MR) is 68.4 cm³/mol. The van der Waals surface area contributed by atoms with Gasteiger partial charge in [-0.3, -0.25) is 4.79 Å². The Morgan fingerprint density at radius 2 is 2.38 bits per heavy atom. The minimum absolute atomic E-state index is 0.0158. The zero-order valence-corrected chi connectivity index (χ0v) is 10.3. The molecule has 3 nitrogen and oxygen atoms in total. The molecule has 0 spiro atoms. The third-order valence-electron chi connectivity index (χ3n) is 2.19. The van der Waals surface area contributed by atoms with E-state index in [-0.39, 0.29) is 11.2 Å². The molecule has 1 heterocycles. The third-order valence-corrected chi connectivity index (χ3v) is 3.67. The van der Waals surface area contributed by atoms with Crippen LogP contribution in [-0.2, 0) is 4.79 Å². The minimum Gasteiger partial charge on any atom is -0.304 e. The number of nitrogens with zero attached hydrogens (tertiary/aromatic N) is 1. The van der Waals surface area contributed by atoms with E-state index in [2.05, 4.69) is 10.3 Å². The summed E-state index contributed by atoms with van der Waals surface area (Å²) in [5.74, 6) is 0.0354. The fourth-order valence-corrected chi connectivity index (χ4v) is 2.49. The van der Waals surface area contributed by atoms with E-state index in [0.717, 1.165) is 12.1 Å². The maximum atomic E-state index is 11.4. The Hall–Kier alpha value is -1.00. The Labute approximate surface area is 103 Å². The second-order valence-corrected chi connectivity index (χ2v) is 5.03. The lowest BCUT2D eigenvalue weighted by atomic mass is 10.3. The van der Waals surface area contributed by atoms with E-state index in [1.807, 2.05) is 19.1 Å². The maximum absolute atomic E-state index is 11.4. The van der Waals surface area contributed by atoms with Crippen molar-refractivity contribution in [2.45, 2.75) is 18.6 Å². The first-order chi connectivity index (χ1) is 7.69. The topological polar surface area (TPSA) is 41.5 Å². The molecule has 1 atom stereocenters. The van der Waals surface area contributed by atoms with Crippen LogP contribution < -0.4 is 5.32 Å². The van der Waals surface area contributed by atoms with Gasteiger partial charge < -0.3 is 5.32 Å². The average Bonchev–Trinajstić information content (AvgIpc) is 2.58. The molecule has 0 aliphatic carbocycles. The molecular weight excluding hydrogens is 244 g/mol. The van der Waals surface area contributed by atoms with Crippen molar-refractivity contribution in [3.8, 4) is 0 Å². The number of amides is 1. The van der Waals surface area contributed by atoms with Crippen LogP contribution in [0.25, 0.3) is 0 Å². The van der Waals surface area contributed by atoms with Crippen LogP contribution >= 0.6 is 23.4 Å². The SMILES string of the molecule is CC[C@H]1SC(=Nc2cccc(Cl)c2)NC1=O. The molecule has 1 saturated heterocycles. The van der Waals surface area contributed by atoms with Crippen LogP contribution in [0.4, 0.5) is 5.69 Å². The summed E-state index contributed by atoms with van der Waals surface area (Å²) in [7, 11) is 0. The monoisotopic (exact) mass is 254 g/mol. The van der Waals surface area contributed by atoms with Crippen molar-refractivity contribution in [3.63, 3.8) is 0 Å². The van der Waals surface area contributed by atoms with Gasteiger partial charge in [-0.25, -0.2) is 4.99 Å². The first-order valence-corrected chi connectivity index (χ1v) is 6.26. The number of rotatable bonds is 2. The van der Waals surface area contributed by atoms with Crippen LogP contribution in [0.5, 0.6) is 0 Å². The molecular formula is C11H11ClN2OS. The number of halogens is 1. The number of aliphatic imine (C=N–C) groups is 1. The smallest absolute Gasteiger partial charge is 0.239 e. The van der Waals surface area contributed by atoms with Crippen molar-refractivity contribution < 1.29 is 4.79 Å². The summed E-state index contributed by atoms with van der Waals surface area (Å²) in [6, 6.07) is 7.24. The molecule has 0 bridgehead atoms. The van der Waals surface area contributed by atoms with Gasteiger partial charge in [0.15, 0.2) is 5.17 Å². The molecule has 1 N–H and O–H groups in total. The van der Waals surface area contributed by atoms with Gasteiger partial charge in [0.05, 0.1) is 10.9 Å². The molecule has 1 aromatic carbocycles. The second-order valence-electron chi connectivity index (χ2n) is 3.40. The van der Waals surface area contributed by atoms with E-state index < -0.39 is 0 Å². The van der Waals surface area contributed by atoms with Crippen molar-refractivity contribution in [1.82, 2.24) is 5.32 Å². The van der Waals surface area contributed by atoms with Gasteiger partial charge in [0.2, 0.25) is 5.91 Å². The number of hydrogen-bond acceptors (Lipinski definition) is 3. The molecule has 1 aromatic rings. The summed E-state index contributed by atoms with van der Waals surface area (Å²) in [4.78, 5) is 15.8. The van der Waals surface area contributed by atoms with E-state index in [1.165, 1.54) is 11.8 Å². The molecule has 5 heteroatoms. The quantitative estimate of drug-likeness (QED) is 0.882. The Balaban J connectivity index is 2.17. The summed E-state index contributed by atoms with van der Waals surface area (Å²) >= 11 is 7.32. The van der Waals surface area contributed by atoms with Crippen LogP contribution in [0.15, 0.2) is 29.3 Å². The van der Waals surface area contributed by atoms with Gasteiger partial charge in [-0.2, -0.15) is 0 Å². The van der Waals surface area contributed by atoms with Crippen molar-refractivity contribution in [2.24, 2.45) is 4.99 Å². The van der Waals surface area contributed by atoms with E-state index in [4.69, 9.17) is 11.6 Å². The molecule has 2 rings (SSSR count). The average molecular weight is 255 g/mol. The Kier molecular flexibility index (Phi) is 3.51. The first kappa shape index (κ1) is 11.5. The summed E-state index contributed by atoms with van der Waals surface area (Å²) in [6.07, 6.45) is 0.811. The highest BCUT2D eigenvalue weighted by atomic mass is 35.5. The Morgan fingerprint density at radius 1 is 1.56 bits per heavy atom. The third kappa shape index (κ3) is 2.57. The zero-order valence-electron chi connectivity index (χ0n) is 8.74. The van der Waals surface area contributed by atoms with Crippen LogP contribution in [0.3, 0.4) is 0 Å². The van der Waals surface area contributed by atoms with Crippen molar-refractivity contribution in [3.05, 3.63) is 29.3 Å². The van der Waals surface area contributed by atoms with Crippen LogP contribution in [0.1, 0.15) is 13.3 Å². The number of amidine groups is 1. The summed E-state index contributed by atoms with van der Waals surface area (Å²) in [5, 5.41) is 4.03. The number of carbonyl (C=O) groups is 1. The van der Waals surface area contributed by atoms with E-state index in [9.17, 15) is 4.79 Å². The van der Waals surface area contributed by atoms with Gasteiger partial charge in [-0.1, -0.05) is 36.4 Å². The van der Waals surface area contributed by atoms with Crippen molar-refractivity contribution in [1.29, 1.82) is 0 Å². The lowest BCUT2D eigenvalue weighted by Gasteiger charge is -1.97. The number of benzene rings is 1. The van der Waals surface area contributed by atoms with Crippen molar-refractivity contribution >= 4 is 40.1 Å². The van der Waals surface area contributed by atoms with E-state index in [1.54, 1.807) is 12.1 Å². The Bertz CT molecular complexity index is 447. The van der Waals surface area contributed by atoms with E-state index in [0.29, 0.717) is 10.2 Å². The normalized spacial score (nSPS) is 22.5. The second kappa shape index (κ2) is 4.89. The summed E-state index contributed by atoms with van der Waals surface area (Å²) in [6.45, 7) is 1.99. The molecule has 84 valence electrons. The summed E-state index contributed by atoms with van der Waals surface area (Å²) in [5.41, 5.74) is 0.757. The van der Waals surface area contributed by atoms with Gasteiger partial charge >= 0.3 is 0 Å². The molecule has 0 saturated carbocycles. The lowest BCUT2D eigenvalue weighted by Crippen LogP contribution is -2.24. The highest BCUT2D eigenvalue weighted by Gasteiger charge is 2.28. The first-order valence-electron chi connectivity index (χ1n) is 5.01. The minimum atomic E-state index is -0.0158. The van der Waals surface area contributed by atoms with Crippen molar-refractivity contribution in [2.75, 3.05) is 0 Å². The van der Waals surface area contributed by atoms with Crippen LogP contribution in [0, 0.1) is 0 Å². The van der Waals surface area contributed by atoms with Gasteiger partial charge in [-0.05, 0) is 24.6 Å². The fourth-order valence-electron chi connectivity index (χ4n) is 1.39. The highest BCUT2D eigenvalue weighted by molar-refractivity contribution is 8.15. The molecule has 1 aliphatic rings. The number of hydrogen-bond donors (Lipinski definition) is 1. The largest absolute Gasteiger partial charge is 0.304 e. The predicted octanol–water partition coefficient (Wildman–Crippen LogP) is 2.97. The molecule has 1 amide bonds. The standard InChI is InChI=1S/C11H11ClN2OS/c1-2-9-10(15)14-11(16-9)13-8-5-3-4-7(12)6-8/h3-6,9H,2H2,1H3,(H,13,14,15)/t9-/m1/s1. The number of thioether (sulfide) groups is 1. The molecule has 0 aromatic heterocycles. The Morgan fingerprint density at radius 3 is 3.00 bits per heavy atom. The van der Waals surface area contributed by atoms with Crippen LogP contribution in [-0.4, -0.2) is 16.3 Å². The van der Waals surface area contributed by atoms with Gasteiger partial charge in [0.1, 0.15) is 0 Å². The number of carbonyl (C=O) groups excluding carboxylic acids is 1. The summed E-state index contributed by atoms with van der Waals surface area (Å²) < 4.78 is 0. The lowest BCUT2D eigenvalue weighted by molar-refractivity contribution is -0.118. The highest BCUT2D eigenvalue weighted by Crippen LogP contribution is 2.25.